The highest BCUT2D eigenvalue weighted by Gasteiger charge is 2.13. The summed E-state index contributed by atoms with van der Waals surface area (Å²) in [6.45, 7) is 5.96. The third-order valence-corrected chi connectivity index (χ3v) is 3.57. The standard InChI is InChI=1S/C14H16BrN3O2/c1-3-18(4-2)12-6-5-10(9-16-12)17-14(19)11-7-8-20-13(11)15/h5-9H,3-4H2,1-2H3,(H,17,19). The fraction of sp³-hybridized carbons (Fsp3) is 0.286. The number of nitrogens with zero attached hydrogens (tertiary/aromatic N) is 2. The van der Waals surface area contributed by atoms with Gasteiger partial charge in [0, 0.05) is 13.1 Å². The molecule has 2 aromatic heterocycles. The maximum Gasteiger partial charge on any atom is 0.260 e. The maximum absolute atomic E-state index is 12.0. The van der Waals surface area contributed by atoms with E-state index >= 15 is 0 Å². The minimum Gasteiger partial charge on any atom is -0.457 e. The Kier molecular flexibility index (Phi) is 4.79. The number of hydrogen-bond acceptors (Lipinski definition) is 4. The molecule has 0 bridgehead atoms. The number of nitrogens with one attached hydrogen (secondary N) is 1. The maximum atomic E-state index is 12.0. The predicted molar refractivity (Wildman–Crippen MR) is 82.2 cm³/mol. The second-order valence-electron chi connectivity index (χ2n) is 4.14. The van der Waals surface area contributed by atoms with Crippen molar-refractivity contribution in [1.29, 1.82) is 0 Å². The number of pyridine rings is 1. The van der Waals surface area contributed by atoms with Gasteiger partial charge in [-0.2, -0.15) is 0 Å². The van der Waals surface area contributed by atoms with E-state index in [0.717, 1.165) is 18.9 Å². The van der Waals surface area contributed by atoms with E-state index < -0.39 is 0 Å². The number of furan rings is 1. The van der Waals surface area contributed by atoms with E-state index in [1.54, 1.807) is 12.3 Å². The molecule has 0 saturated carbocycles. The van der Waals surface area contributed by atoms with Crippen molar-refractivity contribution >= 4 is 33.3 Å². The lowest BCUT2D eigenvalue weighted by Crippen LogP contribution is -2.22. The number of carbonyl (C=O) groups is 1. The van der Waals surface area contributed by atoms with Gasteiger partial charge < -0.3 is 14.6 Å². The van der Waals surface area contributed by atoms with Gasteiger partial charge in [0.25, 0.3) is 5.91 Å². The molecule has 2 heterocycles. The van der Waals surface area contributed by atoms with Crippen molar-refractivity contribution in [3.05, 3.63) is 40.9 Å². The van der Waals surface area contributed by atoms with Crippen molar-refractivity contribution < 1.29 is 9.21 Å². The molecule has 1 N–H and O–H groups in total. The largest absolute Gasteiger partial charge is 0.457 e. The molecular formula is C14H16BrN3O2. The molecule has 0 atom stereocenters. The number of halogens is 1. The number of carbonyl (C=O) groups excluding carboxylic acids is 1. The fourth-order valence-electron chi connectivity index (χ4n) is 1.85. The van der Waals surface area contributed by atoms with E-state index in [-0.39, 0.29) is 5.91 Å². The van der Waals surface area contributed by atoms with Gasteiger partial charge in [0.15, 0.2) is 4.67 Å². The molecule has 0 unspecified atom stereocenters. The number of aromatic nitrogens is 1. The molecule has 2 aromatic rings. The molecule has 106 valence electrons. The Bertz CT molecular complexity index is 576. The molecule has 2 rings (SSSR count). The van der Waals surface area contributed by atoms with E-state index in [4.69, 9.17) is 4.42 Å². The van der Waals surface area contributed by atoms with Crippen LogP contribution in [0.2, 0.25) is 0 Å². The molecule has 0 radical (unpaired) electrons. The van der Waals surface area contributed by atoms with E-state index in [2.05, 4.69) is 45.0 Å². The van der Waals surface area contributed by atoms with Crippen LogP contribution in [-0.4, -0.2) is 24.0 Å². The molecule has 0 aromatic carbocycles. The fourth-order valence-corrected chi connectivity index (χ4v) is 2.27. The van der Waals surface area contributed by atoms with Crippen molar-refractivity contribution in [3.8, 4) is 0 Å². The first-order valence-corrected chi connectivity index (χ1v) is 7.20. The van der Waals surface area contributed by atoms with Gasteiger partial charge in [0.2, 0.25) is 0 Å². The first-order valence-electron chi connectivity index (χ1n) is 6.41. The molecule has 5 nitrogen and oxygen atoms in total. The Morgan fingerprint density at radius 2 is 2.10 bits per heavy atom. The monoisotopic (exact) mass is 337 g/mol. The van der Waals surface area contributed by atoms with Gasteiger partial charge in [-0.15, -0.1) is 0 Å². The van der Waals surface area contributed by atoms with Crippen molar-refractivity contribution in [2.24, 2.45) is 0 Å². The summed E-state index contributed by atoms with van der Waals surface area (Å²) in [6, 6.07) is 5.34. The van der Waals surface area contributed by atoms with Crippen LogP contribution < -0.4 is 10.2 Å². The van der Waals surface area contributed by atoms with Crippen molar-refractivity contribution in [2.75, 3.05) is 23.3 Å². The highest BCUT2D eigenvalue weighted by atomic mass is 79.9. The number of rotatable bonds is 5. The minimum absolute atomic E-state index is 0.233. The zero-order valence-corrected chi connectivity index (χ0v) is 13.0. The SMILES string of the molecule is CCN(CC)c1ccc(NC(=O)c2ccoc2Br)cn1. The summed E-state index contributed by atoms with van der Waals surface area (Å²) in [7, 11) is 0. The first kappa shape index (κ1) is 14.6. The normalized spacial score (nSPS) is 10.3. The lowest BCUT2D eigenvalue weighted by molar-refractivity contribution is 0.102. The smallest absolute Gasteiger partial charge is 0.260 e. The van der Waals surface area contributed by atoms with Gasteiger partial charge in [-0.1, -0.05) is 0 Å². The third kappa shape index (κ3) is 3.19. The van der Waals surface area contributed by atoms with E-state index in [9.17, 15) is 4.79 Å². The Hall–Kier alpha value is -1.82. The molecule has 0 aliphatic heterocycles. The van der Waals surface area contributed by atoms with Crippen LogP contribution in [-0.2, 0) is 0 Å². The Labute approximate surface area is 126 Å². The molecule has 0 aliphatic rings. The van der Waals surface area contributed by atoms with Gasteiger partial charge >= 0.3 is 0 Å². The molecule has 1 amide bonds. The first-order chi connectivity index (χ1) is 9.65. The molecule has 0 spiro atoms. The Morgan fingerprint density at radius 1 is 1.35 bits per heavy atom. The summed E-state index contributed by atoms with van der Waals surface area (Å²) in [5.41, 5.74) is 1.11. The third-order valence-electron chi connectivity index (χ3n) is 2.96. The number of hydrogen-bond donors (Lipinski definition) is 1. The molecule has 6 heteroatoms. The molecule has 0 aliphatic carbocycles. The van der Waals surface area contributed by atoms with Crippen LogP contribution in [0.4, 0.5) is 11.5 Å². The summed E-state index contributed by atoms with van der Waals surface area (Å²) in [5, 5.41) is 2.78. The average molecular weight is 338 g/mol. The highest BCUT2D eigenvalue weighted by molar-refractivity contribution is 9.10. The summed E-state index contributed by atoms with van der Waals surface area (Å²) in [4.78, 5) is 18.5. The summed E-state index contributed by atoms with van der Waals surface area (Å²) in [6.07, 6.45) is 3.11. The minimum atomic E-state index is -0.233. The van der Waals surface area contributed by atoms with Crippen molar-refractivity contribution in [3.63, 3.8) is 0 Å². The van der Waals surface area contributed by atoms with E-state index in [1.807, 2.05) is 12.1 Å². The van der Waals surface area contributed by atoms with E-state index in [1.165, 1.54) is 6.26 Å². The van der Waals surface area contributed by atoms with Crippen LogP contribution in [0.1, 0.15) is 24.2 Å². The lowest BCUT2D eigenvalue weighted by atomic mass is 10.3. The second-order valence-corrected chi connectivity index (χ2v) is 4.86. The van der Waals surface area contributed by atoms with Crippen LogP contribution in [0, 0.1) is 0 Å². The lowest BCUT2D eigenvalue weighted by Gasteiger charge is -2.19. The van der Waals surface area contributed by atoms with Gasteiger partial charge in [-0.25, -0.2) is 4.98 Å². The summed E-state index contributed by atoms with van der Waals surface area (Å²) in [5.74, 6) is 0.667. The molecule has 20 heavy (non-hydrogen) atoms. The Morgan fingerprint density at radius 3 is 2.60 bits per heavy atom. The van der Waals surface area contributed by atoms with Crippen molar-refractivity contribution in [2.45, 2.75) is 13.8 Å². The highest BCUT2D eigenvalue weighted by Crippen LogP contribution is 2.20. The van der Waals surface area contributed by atoms with Crippen LogP contribution in [0.3, 0.4) is 0 Å². The average Bonchev–Trinajstić information content (AvgIpc) is 2.88. The summed E-state index contributed by atoms with van der Waals surface area (Å²) < 4.78 is 5.46. The van der Waals surface area contributed by atoms with Gasteiger partial charge in [-0.3, -0.25) is 4.79 Å². The quantitative estimate of drug-likeness (QED) is 0.906. The predicted octanol–water partition coefficient (Wildman–Crippen LogP) is 3.54. The van der Waals surface area contributed by atoms with E-state index in [0.29, 0.717) is 15.9 Å². The van der Waals surface area contributed by atoms with Crippen LogP contribution in [0.5, 0.6) is 0 Å². The molecular weight excluding hydrogens is 322 g/mol. The van der Waals surface area contributed by atoms with Gasteiger partial charge in [0.05, 0.1) is 23.7 Å². The number of anilines is 2. The Balaban J connectivity index is 2.08. The molecule has 0 saturated heterocycles. The topological polar surface area (TPSA) is 58.4 Å². The summed E-state index contributed by atoms with van der Waals surface area (Å²) >= 11 is 3.18. The zero-order chi connectivity index (χ0) is 14.5. The van der Waals surface area contributed by atoms with Crippen LogP contribution in [0.15, 0.2) is 39.7 Å². The zero-order valence-electron chi connectivity index (χ0n) is 11.4. The number of amides is 1. The molecule has 0 fully saturated rings. The van der Waals surface area contributed by atoms with Gasteiger partial charge in [0.1, 0.15) is 5.82 Å². The van der Waals surface area contributed by atoms with Crippen LogP contribution in [0.25, 0.3) is 0 Å². The van der Waals surface area contributed by atoms with Crippen molar-refractivity contribution in [1.82, 2.24) is 4.98 Å². The second kappa shape index (κ2) is 6.56. The van der Waals surface area contributed by atoms with Gasteiger partial charge in [-0.05, 0) is 48.0 Å². The van der Waals surface area contributed by atoms with Crippen LogP contribution >= 0.6 is 15.9 Å².